The van der Waals surface area contributed by atoms with Gasteiger partial charge in [0.25, 0.3) is 0 Å². The van der Waals surface area contributed by atoms with E-state index in [0.717, 1.165) is 30.7 Å². The fourth-order valence-corrected chi connectivity index (χ4v) is 3.03. The van der Waals surface area contributed by atoms with Crippen LogP contribution in [0.5, 0.6) is 0 Å². The standard InChI is InChI=1S/C14H20BrNO/c1-3-16-14(11-6-7-17-9-11)13-5-4-12(15)8-10(13)2/h4-5,8,11,14,16H,3,6-7,9H2,1-2H3. The van der Waals surface area contributed by atoms with Gasteiger partial charge < -0.3 is 10.1 Å². The van der Waals surface area contributed by atoms with E-state index < -0.39 is 0 Å². The number of hydrogen-bond donors (Lipinski definition) is 1. The highest BCUT2D eigenvalue weighted by Gasteiger charge is 2.27. The molecule has 1 saturated heterocycles. The van der Waals surface area contributed by atoms with Crippen molar-refractivity contribution in [1.29, 1.82) is 0 Å². The zero-order valence-corrected chi connectivity index (χ0v) is 12.1. The molecule has 1 aromatic carbocycles. The third-order valence-electron chi connectivity index (χ3n) is 3.43. The Labute approximate surface area is 112 Å². The van der Waals surface area contributed by atoms with Gasteiger partial charge in [-0.3, -0.25) is 0 Å². The first kappa shape index (κ1) is 13.1. The van der Waals surface area contributed by atoms with Gasteiger partial charge in [-0.05, 0) is 43.1 Å². The summed E-state index contributed by atoms with van der Waals surface area (Å²) in [5.74, 6) is 0.606. The van der Waals surface area contributed by atoms with E-state index in [2.05, 4.69) is 53.3 Å². The van der Waals surface area contributed by atoms with E-state index in [4.69, 9.17) is 4.74 Å². The second-order valence-electron chi connectivity index (χ2n) is 4.66. The first-order valence-electron chi connectivity index (χ1n) is 6.29. The third-order valence-corrected chi connectivity index (χ3v) is 3.92. The van der Waals surface area contributed by atoms with Crippen LogP contribution >= 0.6 is 15.9 Å². The van der Waals surface area contributed by atoms with Crippen LogP contribution in [0, 0.1) is 12.8 Å². The van der Waals surface area contributed by atoms with Crippen molar-refractivity contribution in [3.63, 3.8) is 0 Å². The molecule has 1 N–H and O–H groups in total. The van der Waals surface area contributed by atoms with Crippen LogP contribution in [0.4, 0.5) is 0 Å². The van der Waals surface area contributed by atoms with Gasteiger partial charge in [0.1, 0.15) is 0 Å². The second-order valence-corrected chi connectivity index (χ2v) is 5.58. The number of ether oxygens (including phenoxy) is 1. The molecule has 1 aliphatic rings. The molecule has 2 atom stereocenters. The Hall–Kier alpha value is -0.380. The van der Waals surface area contributed by atoms with Gasteiger partial charge in [-0.15, -0.1) is 0 Å². The van der Waals surface area contributed by atoms with E-state index in [0.29, 0.717) is 12.0 Å². The largest absolute Gasteiger partial charge is 0.381 e. The van der Waals surface area contributed by atoms with Crippen LogP contribution in [-0.4, -0.2) is 19.8 Å². The Bertz CT molecular complexity index is 374. The van der Waals surface area contributed by atoms with E-state index in [1.165, 1.54) is 11.1 Å². The minimum Gasteiger partial charge on any atom is -0.381 e. The molecule has 0 bridgehead atoms. The molecule has 1 aliphatic heterocycles. The SMILES string of the molecule is CCNC(c1ccc(Br)cc1C)C1CCOC1. The summed E-state index contributed by atoms with van der Waals surface area (Å²) in [5, 5.41) is 3.61. The average molecular weight is 298 g/mol. The molecule has 1 fully saturated rings. The van der Waals surface area contributed by atoms with E-state index >= 15 is 0 Å². The normalized spacial score (nSPS) is 21.7. The summed E-state index contributed by atoms with van der Waals surface area (Å²) in [7, 11) is 0. The molecule has 0 aromatic heterocycles. The summed E-state index contributed by atoms with van der Waals surface area (Å²) in [6.45, 7) is 7.13. The molecule has 3 heteroatoms. The molecule has 0 amide bonds. The zero-order chi connectivity index (χ0) is 12.3. The lowest BCUT2D eigenvalue weighted by molar-refractivity contribution is 0.177. The van der Waals surface area contributed by atoms with Crippen molar-refractivity contribution in [2.45, 2.75) is 26.3 Å². The van der Waals surface area contributed by atoms with E-state index in [-0.39, 0.29) is 0 Å². The van der Waals surface area contributed by atoms with Crippen molar-refractivity contribution in [2.24, 2.45) is 5.92 Å². The number of nitrogens with one attached hydrogen (secondary N) is 1. The highest BCUT2D eigenvalue weighted by atomic mass is 79.9. The average Bonchev–Trinajstić information content (AvgIpc) is 2.80. The lowest BCUT2D eigenvalue weighted by Gasteiger charge is -2.25. The molecule has 0 radical (unpaired) electrons. The fourth-order valence-electron chi connectivity index (χ4n) is 2.55. The van der Waals surface area contributed by atoms with Crippen LogP contribution in [0.1, 0.15) is 30.5 Å². The van der Waals surface area contributed by atoms with Crippen molar-refractivity contribution in [3.8, 4) is 0 Å². The maximum Gasteiger partial charge on any atom is 0.0513 e. The van der Waals surface area contributed by atoms with Crippen molar-refractivity contribution in [1.82, 2.24) is 5.32 Å². The monoisotopic (exact) mass is 297 g/mol. The molecular weight excluding hydrogens is 278 g/mol. The summed E-state index contributed by atoms with van der Waals surface area (Å²) < 4.78 is 6.67. The van der Waals surface area contributed by atoms with E-state index in [1.54, 1.807) is 0 Å². The molecule has 94 valence electrons. The number of rotatable bonds is 4. The smallest absolute Gasteiger partial charge is 0.0513 e. The van der Waals surface area contributed by atoms with E-state index in [9.17, 15) is 0 Å². The van der Waals surface area contributed by atoms with Crippen molar-refractivity contribution in [2.75, 3.05) is 19.8 Å². The Morgan fingerprint density at radius 3 is 2.94 bits per heavy atom. The van der Waals surface area contributed by atoms with Crippen molar-refractivity contribution >= 4 is 15.9 Å². The predicted molar refractivity (Wildman–Crippen MR) is 74.2 cm³/mol. The first-order valence-corrected chi connectivity index (χ1v) is 7.09. The summed E-state index contributed by atoms with van der Waals surface area (Å²) in [6.07, 6.45) is 1.16. The molecular formula is C14H20BrNO. The highest BCUT2D eigenvalue weighted by molar-refractivity contribution is 9.10. The molecule has 2 unspecified atom stereocenters. The maximum atomic E-state index is 5.52. The van der Waals surface area contributed by atoms with Gasteiger partial charge in [0, 0.05) is 23.0 Å². The first-order chi connectivity index (χ1) is 8.22. The molecule has 0 spiro atoms. The van der Waals surface area contributed by atoms with Crippen LogP contribution < -0.4 is 5.32 Å². The minimum absolute atomic E-state index is 0.426. The van der Waals surface area contributed by atoms with Crippen LogP contribution in [-0.2, 0) is 4.74 Å². The van der Waals surface area contributed by atoms with Crippen LogP contribution in [0.3, 0.4) is 0 Å². The topological polar surface area (TPSA) is 21.3 Å². The predicted octanol–water partition coefficient (Wildman–Crippen LogP) is 3.44. The molecule has 0 aliphatic carbocycles. The fraction of sp³-hybridized carbons (Fsp3) is 0.571. The number of hydrogen-bond acceptors (Lipinski definition) is 2. The quantitative estimate of drug-likeness (QED) is 0.919. The van der Waals surface area contributed by atoms with Gasteiger partial charge in [0.15, 0.2) is 0 Å². The Morgan fingerprint density at radius 1 is 1.53 bits per heavy atom. The second kappa shape index (κ2) is 5.98. The molecule has 2 rings (SSSR count). The number of aryl methyl sites for hydroxylation is 1. The Balaban J connectivity index is 2.24. The summed E-state index contributed by atoms with van der Waals surface area (Å²) >= 11 is 3.52. The minimum atomic E-state index is 0.426. The lowest BCUT2D eigenvalue weighted by atomic mass is 9.90. The summed E-state index contributed by atoms with van der Waals surface area (Å²) in [4.78, 5) is 0. The van der Waals surface area contributed by atoms with Gasteiger partial charge >= 0.3 is 0 Å². The van der Waals surface area contributed by atoms with Gasteiger partial charge in [0.05, 0.1) is 6.61 Å². The van der Waals surface area contributed by atoms with Gasteiger partial charge in [-0.25, -0.2) is 0 Å². The third kappa shape index (κ3) is 3.09. The zero-order valence-electron chi connectivity index (χ0n) is 10.5. The lowest BCUT2D eigenvalue weighted by Crippen LogP contribution is -2.29. The van der Waals surface area contributed by atoms with Crippen LogP contribution in [0.25, 0.3) is 0 Å². The molecule has 1 heterocycles. The Morgan fingerprint density at radius 2 is 2.35 bits per heavy atom. The van der Waals surface area contributed by atoms with E-state index in [1.807, 2.05) is 0 Å². The molecule has 1 aromatic rings. The number of halogens is 1. The number of benzene rings is 1. The summed E-state index contributed by atoms with van der Waals surface area (Å²) in [5.41, 5.74) is 2.75. The van der Waals surface area contributed by atoms with Crippen LogP contribution in [0.15, 0.2) is 22.7 Å². The van der Waals surface area contributed by atoms with Crippen molar-refractivity contribution in [3.05, 3.63) is 33.8 Å². The summed E-state index contributed by atoms with van der Waals surface area (Å²) in [6, 6.07) is 6.97. The molecule has 2 nitrogen and oxygen atoms in total. The molecule has 17 heavy (non-hydrogen) atoms. The van der Waals surface area contributed by atoms with Crippen LogP contribution in [0.2, 0.25) is 0 Å². The van der Waals surface area contributed by atoms with Gasteiger partial charge in [-0.1, -0.05) is 28.9 Å². The Kier molecular flexibility index (Phi) is 4.60. The van der Waals surface area contributed by atoms with Gasteiger partial charge in [0.2, 0.25) is 0 Å². The van der Waals surface area contributed by atoms with Gasteiger partial charge in [-0.2, -0.15) is 0 Å². The highest BCUT2D eigenvalue weighted by Crippen LogP contribution is 2.31. The maximum absolute atomic E-state index is 5.52. The van der Waals surface area contributed by atoms with Crippen molar-refractivity contribution < 1.29 is 4.74 Å². The molecule has 0 saturated carbocycles.